The molecule has 0 spiro atoms. The summed E-state index contributed by atoms with van der Waals surface area (Å²) in [6, 6.07) is 5.35. The third-order valence-electron chi connectivity index (χ3n) is 5.44. The van der Waals surface area contributed by atoms with Crippen LogP contribution in [-0.4, -0.2) is 59.4 Å². The minimum absolute atomic E-state index is 0.0764. The lowest BCUT2D eigenvalue weighted by Crippen LogP contribution is -2.51. The van der Waals surface area contributed by atoms with Crippen molar-refractivity contribution >= 4 is 23.4 Å². The predicted octanol–water partition coefficient (Wildman–Crippen LogP) is 3.40. The molecule has 0 aliphatic carbocycles. The normalized spacial score (nSPS) is 19.7. The molecule has 0 bridgehead atoms. The second kappa shape index (κ2) is 7.96. The number of benzene rings is 1. The van der Waals surface area contributed by atoms with Crippen LogP contribution in [0.4, 0.5) is 20.6 Å². The van der Waals surface area contributed by atoms with E-state index in [0.717, 1.165) is 11.1 Å². The first-order chi connectivity index (χ1) is 14.7. The highest BCUT2D eigenvalue weighted by Crippen LogP contribution is 2.39. The number of aromatic nitrogens is 2. The molecule has 2 aliphatic heterocycles. The van der Waals surface area contributed by atoms with Crippen molar-refractivity contribution < 1.29 is 23.5 Å². The molecule has 1 saturated heterocycles. The molecule has 9 heteroatoms. The Balaban J connectivity index is 1.69. The molecule has 8 nitrogen and oxygen atoms in total. The third-order valence-corrected chi connectivity index (χ3v) is 5.44. The number of halogens is 1. The molecule has 0 unspecified atom stereocenters. The van der Waals surface area contributed by atoms with Crippen molar-refractivity contribution in [2.45, 2.75) is 52.1 Å². The smallest absolute Gasteiger partial charge is 0.414 e. The maximum Gasteiger partial charge on any atom is 0.414 e. The van der Waals surface area contributed by atoms with E-state index >= 15 is 0 Å². The number of rotatable bonds is 4. The lowest BCUT2D eigenvalue weighted by molar-refractivity contribution is -0.138. The number of fused-ring (bicyclic) bond motifs is 1. The van der Waals surface area contributed by atoms with E-state index < -0.39 is 11.8 Å². The number of amides is 2. The van der Waals surface area contributed by atoms with E-state index in [1.807, 2.05) is 25.1 Å². The third kappa shape index (κ3) is 4.14. The van der Waals surface area contributed by atoms with Gasteiger partial charge in [-0.15, -0.1) is 0 Å². The summed E-state index contributed by atoms with van der Waals surface area (Å²) in [6.45, 7) is 7.60. The second-order valence-electron chi connectivity index (χ2n) is 8.55. The van der Waals surface area contributed by atoms with Crippen LogP contribution in [0.2, 0.25) is 0 Å². The maximum atomic E-state index is 14.3. The summed E-state index contributed by atoms with van der Waals surface area (Å²) < 4.78 is 26.3. The van der Waals surface area contributed by atoms with Gasteiger partial charge in [-0.2, -0.15) is 5.10 Å². The van der Waals surface area contributed by atoms with E-state index in [-0.39, 0.29) is 37.8 Å². The fraction of sp³-hybridized carbons (Fsp3) is 0.500. The molecule has 1 aromatic heterocycles. The van der Waals surface area contributed by atoms with Gasteiger partial charge in [-0.3, -0.25) is 14.4 Å². The predicted molar refractivity (Wildman–Crippen MR) is 114 cm³/mol. The Bertz CT molecular complexity index is 1000. The van der Waals surface area contributed by atoms with Crippen molar-refractivity contribution in [3.8, 4) is 11.1 Å². The van der Waals surface area contributed by atoms with Crippen LogP contribution in [0, 0.1) is 0 Å². The average molecular weight is 430 g/mol. The highest BCUT2D eigenvalue weighted by molar-refractivity contribution is 6.03. The van der Waals surface area contributed by atoms with Crippen molar-refractivity contribution in [1.29, 1.82) is 0 Å². The van der Waals surface area contributed by atoms with E-state index in [1.165, 1.54) is 6.92 Å². The average Bonchev–Trinajstić information content (AvgIpc) is 3.13. The van der Waals surface area contributed by atoms with Crippen LogP contribution in [0.1, 0.15) is 27.7 Å². The molecular formula is C22H27FN4O4. The molecule has 4 rings (SSSR count). The monoisotopic (exact) mass is 430 g/mol. The highest BCUT2D eigenvalue weighted by atomic mass is 19.1. The molecule has 1 fully saturated rings. The zero-order valence-corrected chi connectivity index (χ0v) is 18.2. The molecule has 1 aromatic carbocycles. The van der Waals surface area contributed by atoms with E-state index in [0.29, 0.717) is 17.9 Å². The first kappa shape index (κ1) is 21.3. The highest BCUT2D eigenvalue weighted by Gasteiger charge is 2.39. The van der Waals surface area contributed by atoms with E-state index in [4.69, 9.17) is 9.47 Å². The molecule has 166 valence electrons. The fourth-order valence-corrected chi connectivity index (χ4v) is 4.03. The van der Waals surface area contributed by atoms with Gasteiger partial charge in [0.2, 0.25) is 5.91 Å². The van der Waals surface area contributed by atoms with Gasteiger partial charge in [0.05, 0.1) is 49.5 Å². The minimum Gasteiger partial charge on any atom is -0.446 e. The number of carbonyl (C=O) groups excluding carboxylic acids is 2. The molecule has 3 heterocycles. The summed E-state index contributed by atoms with van der Waals surface area (Å²) in [5, 5.41) is 4.27. The van der Waals surface area contributed by atoms with Crippen molar-refractivity contribution in [3.05, 3.63) is 30.6 Å². The molecule has 0 saturated carbocycles. The SMILES string of the molecule is CC(=O)N1c2ccc(-c3cnn(CC4(F)COC4)c3)cc2N(C(=O)OC(C)C)C[C@@H]1C. The Kier molecular flexibility index (Phi) is 5.47. The van der Waals surface area contributed by atoms with Crippen molar-refractivity contribution in [2.24, 2.45) is 0 Å². The number of nitrogens with zero attached hydrogens (tertiary/aromatic N) is 4. The van der Waals surface area contributed by atoms with Gasteiger partial charge in [-0.25, -0.2) is 9.18 Å². The molecule has 2 aliphatic rings. The molecule has 31 heavy (non-hydrogen) atoms. The van der Waals surface area contributed by atoms with Crippen molar-refractivity contribution in [3.63, 3.8) is 0 Å². The first-order valence-corrected chi connectivity index (χ1v) is 10.4. The Morgan fingerprint density at radius 3 is 2.65 bits per heavy atom. The van der Waals surface area contributed by atoms with Crippen LogP contribution in [-0.2, 0) is 20.8 Å². The van der Waals surface area contributed by atoms with E-state index in [9.17, 15) is 14.0 Å². The van der Waals surface area contributed by atoms with E-state index in [2.05, 4.69) is 5.10 Å². The van der Waals surface area contributed by atoms with E-state index in [1.54, 1.807) is 40.7 Å². The van der Waals surface area contributed by atoms with Gasteiger partial charge >= 0.3 is 6.09 Å². The lowest BCUT2D eigenvalue weighted by atomic mass is 10.0. The molecule has 2 aromatic rings. The zero-order valence-electron chi connectivity index (χ0n) is 18.2. The molecule has 1 atom stereocenters. The summed E-state index contributed by atoms with van der Waals surface area (Å²) in [7, 11) is 0. The Morgan fingerprint density at radius 1 is 1.29 bits per heavy atom. The maximum absolute atomic E-state index is 14.3. The van der Waals surface area contributed by atoms with Gasteiger partial charge in [0, 0.05) is 25.2 Å². The Morgan fingerprint density at radius 2 is 2.03 bits per heavy atom. The minimum atomic E-state index is -1.38. The number of alkyl halides is 1. The summed E-state index contributed by atoms with van der Waals surface area (Å²) >= 11 is 0. The Hall–Kier alpha value is -2.94. The summed E-state index contributed by atoms with van der Waals surface area (Å²) in [5.41, 5.74) is 1.46. The number of ether oxygens (including phenoxy) is 2. The first-order valence-electron chi connectivity index (χ1n) is 10.4. The topological polar surface area (TPSA) is 76.9 Å². The van der Waals surface area contributed by atoms with Crippen LogP contribution in [0.25, 0.3) is 11.1 Å². The Labute approximate surface area is 180 Å². The zero-order chi connectivity index (χ0) is 22.3. The number of hydrogen-bond donors (Lipinski definition) is 0. The fourth-order valence-electron chi connectivity index (χ4n) is 4.03. The van der Waals surface area contributed by atoms with Crippen LogP contribution < -0.4 is 9.80 Å². The largest absolute Gasteiger partial charge is 0.446 e. The molecule has 0 radical (unpaired) electrons. The van der Waals surface area contributed by atoms with Crippen LogP contribution in [0.3, 0.4) is 0 Å². The lowest BCUT2D eigenvalue weighted by Gasteiger charge is -2.40. The van der Waals surface area contributed by atoms with Gasteiger partial charge < -0.3 is 14.4 Å². The van der Waals surface area contributed by atoms with Gasteiger partial charge in [-0.1, -0.05) is 6.07 Å². The van der Waals surface area contributed by atoms with Gasteiger partial charge in [0.15, 0.2) is 5.67 Å². The number of hydrogen-bond acceptors (Lipinski definition) is 5. The van der Waals surface area contributed by atoms with Crippen molar-refractivity contribution in [2.75, 3.05) is 29.6 Å². The summed E-state index contributed by atoms with van der Waals surface area (Å²) in [6.07, 6.45) is 2.72. The quantitative estimate of drug-likeness (QED) is 0.743. The van der Waals surface area contributed by atoms with Gasteiger partial charge in [0.1, 0.15) is 0 Å². The van der Waals surface area contributed by atoms with Crippen molar-refractivity contribution in [1.82, 2.24) is 9.78 Å². The van der Waals surface area contributed by atoms with Gasteiger partial charge in [-0.05, 0) is 38.5 Å². The second-order valence-corrected chi connectivity index (χ2v) is 8.55. The standard InChI is InChI=1S/C22H27FN4O4/c1-14(2)31-21(29)26-9-15(3)27(16(4)28)19-6-5-17(7-20(19)26)18-8-24-25(10-18)11-22(23)12-30-13-22/h5-8,10,14-15H,9,11-13H2,1-4H3/t15-/m0/s1. The van der Waals surface area contributed by atoms with Crippen LogP contribution in [0.5, 0.6) is 0 Å². The summed E-state index contributed by atoms with van der Waals surface area (Å²) in [5.74, 6) is -0.0952. The summed E-state index contributed by atoms with van der Waals surface area (Å²) in [4.78, 5) is 28.3. The molecule has 2 amide bonds. The van der Waals surface area contributed by atoms with Crippen LogP contribution in [0.15, 0.2) is 30.6 Å². The van der Waals surface area contributed by atoms with Crippen LogP contribution >= 0.6 is 0 Å². The number of anilines is 2. The number of carbonyl (C=O) groups is 2. The molecule has 0 N–H and O–H groups in total. The van der Waals surface area contributed by atoms with Gasteiger partial charge in [0.25, 0.3) is 0 Å². The molecular weight excluding hydrogens is 403 g/mol.